The minimum Gasteiger partial charge on any atom is -0.372 e. The Morgan fingerprint density at radius 1 is 0.520 bits per heavy atom. The van der Waals surface area contributed by atoms with Crippen LogP contribution in [-0.4, -0.2) is 99.9 Å². The van der Waals surface area contributed by atoms with Crippen molar-refractivity contribution in [2.24, 2.45) is 11.8 Å². The second-order valence-corrected chi connectivity index (χ2v) is 8.80. The van der Waals surface area contributed by atoms with E-state index in [1.807, 2.05) is 0 Å². The van der Waals surface area contributed by atoms with Gasteiger partial charge in [-0.2, -0.15) is 0 Å². The van der Waals surface area contributed by atoms with Crippen molar-refractivity contribution in [3.63, 3.8) is 0 Å². The van der Waals surface area contributed by atoms with Gasteiger partial charge in [0.15, 0.2) is 0 Å². The number of epoxide rings is 4. The molecule has 4 aliphatic heterocycles. The molecule has 25 heavy (non-hydrogen) atoms. The van der Waals surface area contributed by atoms with Crippen molar-refractivity contribution >= 4 is 0 Å². The molecule has 6 nitrogen and oxygen atoms in total. The van der Waals surface area contributed by atoms with E-state index in [9.17, 15) is 0 Å². The van der Waals surface area contributed by atoms with Crippen LogP contribution in [0.3, 0.4) is 0 Å². The molecule has 0 amide bonds. The van der Waals surface area contributed by atoms with Gasteiger partial charge in [-0.15, -0.1) is 0 Å². The Balaban J connectivity index is 1.07. The topological polar surface area (TPSA) is 56.6 Å². The highest BCUT2D eigenvalue weighted by atomic mass is 16.6. The zero-order valence-corrected chi connectivity index (χ0v) is 15.2. The molecule has 5 fully saturated rings. The maximum atomic E-state index is 5.45. The van der Waals surface area contributed by atoms with Crippen LogP contribution in [0.15, 0.2) is 0 Å². The van der Waals surface area contributed by atoms with E-state index in [1.165, 1.54) is 32.4 Å². The van der Waals surface area contributed by atoms with Crippen LogP contribution in [0.1, 0.15) is 19.3 Å². The van der Waals surface area contributed by atoms with E-state index in [4.69, 9.17) is 18.9 Å². The number of ether oxygens (including phenoxy) is 4. The van der Waals surface area contributed by atoms with Crippen LogP contribution in [-0.2, 0) is 18.9 Å². The SMILES string of the molecule is C1CC(CN(CC2CO2)CC2CO2)CC1CN(CC1CO1)CC1CO1. The molecule has 0 aromatic rings. The Morgan fingerprint density at radius 3 is 1.12 bits per heavy atom. The summed E-state index contributed by atoms with van der Waals surface area (Å²) in [6.07, 6.45) is 6.10. The number of hydrogen-bond acceptors (Lipinski definition) is 6. The molecule has 6 atom stereocenters. The standard InChI is InChI=1S/C19H32N2O4/c1-2-15(5-21(8-18-12-24-18)9-19-13-25-19)3-14(1)4-20(6-16-10-22-16)7-17-11-23-17/h14-19H,1-13H2. The van der Waals surface area contributed by atoms with Crippen molar-refractivity contribution in [1.82, 2.24) is 9.80 Å². The van der Waals surface area contributed by atoms with Gasteiger partial charge in [-0.05, 0) is 31.1 Å². The molecule has 0 bridgehead atoms. The fraction of sp³-hybridized carbons (Fsp3) is 1.00. The van der Waals surface area contributed by atoms with Gasteiger partial charge in [0.05, 0.1) is 50.8 Å². The molecule has 4 heterocycles. The van der Waals surface area contributed by atoms with Crippen molar-refractivity contribution in [3.05, 3.63) is 0 Å². The van der Waals surface area contributed by atoms with Gasteiger partial charge in [-0.1, -0.05) is 0 Å². The van der Waals surface area contributed by atoms with Crippen LogP contribution in [0, 0.1) is 11.8 Å². The summed E-state index contributed by atoms with van der Waals surface area (Å²) in [5.41, 5.74) is 0. The third-order valence-corrected chi connectivity index (χ3v) is 6.14. The first-order valence-corrected chi connectivity index (χ1v) is 10.2. The highest BCUT2D eigenvalue weighted by molar-refractivity contribution is 4.87. The summed E-state index contributed by atoms with van der Waals surface area (Å²) < 4.78 is 21.8. The Hall–Kier alpha value is -0.240. The lowest BCUT2D eigenvalue weighted by molar-refractivity contribution is 0.178. The Morgan fingerprint density at radius 2 is 0.840 bits per heavy atom. The van der Waals surface area contributed by atoms with Gasteiger partial charge in [-0.3, -0.25) is 9.80 Å². The predicted octanol–water partition coefficient (Wildman–Crippen LogP) is 0.602. The lowest BCUT2D eigenvalue weighted by Crippen LogP contribution is -2.36. The quantitative estimate of drug-likeness (QED) is 0.480. The van der Waals surface area contributed by atoms with Crippen molar-refractivity contribution in [2.75, 3.05) is 65.7 Å². The lowest BCUT2D eigenvalue weighted by atomic mass is 10.0. The van der Waals surface area contributed by atoms with Crippen molar-refractivity contribution < 1.29 is 18.9 Å². The largest absolute Gasteiger partial charge is 0.372 e. The molecule has 0 spiro atoms. The molecular formula is C19H32N2O4. The van der Waals surface area contributed by atoms with Gasteiger partial charge in [-0.25, -0.2) is 0 Å². The summed E-state index contributed by atoms with van der Waals surface area (Å²) in [6.45, 7) is 10.7. The van der Waals surface area contributed by atoms with E-state index < -0.39 is 0 Å². The Kier molecular flexibility index (Phi) is 5.01. The molecule has 5 aliphatic rings. The smallest absolute Gasteiger partial charge is 0.0936 e. The van der Waals surface area contributed by atoms with Crippen molar-refractivity contribution in [3.8, 4) is 0 Å². The highest BCUT2D eigenvalue weighted by Gasteiger charge is 2.36. The minimum atomic E-state index is 0.489. The molecular weight excluding hydrogens is 320 g/mol. The maximum absolute atomic E-state index is 5.45. The van der Waals surface area contributed by atoms with E-state index in [2.05, 4.69) is 9.80 Å². The van der Waals surface area contributed by atoms with E-state index >= 15 is 0 Å². The molecule has 0 aromatic carbocycles. The van der Waals surface area contributed by atoms with Crippen LogP contribution in [0.5, 0.6) is 0 Å². The van der Waals surface area contributed by atoms with Crippen LogP contribution in [0.2, 0.25) is 0 Å². The van der Waals surface area contributed by atoms with Gasteiger partial charge in [0.1, 0.15) is 0 Å². The second-order valence-electron chi connectivity index (χ2n) is 8.80. The summed E-state index contributed by atoms with van der Waals surface area (Å²) in [7, 11) is 0. The Labute approximate surface area is 150 Å². The molecule has 6 heteroatoms. The molecule has 142 valence electrons. The van der Waals surface area contributed by atoms with Crippen LogP contribution in [0.4, 0.5) is 0 Å². The summed E-state index contributed by atoms with van der Waals surface area (Å²) in [5.74, 6) is 1.69. The third kappa shape index (κ3) is 5.62. The van der Waals surface area contributed by atoms with Gasteiger partial charge in [0.2, 0.25) is 0 Å². The number of hydrogen-bond donors (Lipinski definition) is 0. The zero-order chi connectivity index (χ0) is 16.6. The fourth-order valence-electron chi connectivity index (χ4n) is 4.53. The van der Waals surface area contributed by atoms with Crippen LogP contribution >= 0.6 is 0 Å². The lowest BCUT2D eigenvalue weighted by Gasteiger charge is -2.26. The van der Waals surface area contributed by atoms with Crippen molar-refractivity contribution in [1.29, 1.82) is 0 Å². The molecule has 6 unspecified atom stereocenters. The summed E-state index contributed by atoms with van der Waals surface area (Å²) in [4.78, 5) is 5.21. The van der Waals surface area contributed by atoms with Crippen LogP contribution in [0.25, 0.3) is 0 Å². The first-order valence-electron chi connectivity index (χ1n) is 10.2. The molecule has 0 aromatic heterocycles. The molecule has 4 saturated heterocycles. The molecule has 0 radical (unpaired) electrons. The van der Waals surface area contributed by atoms with Gasteiger partial charge in [0.25, 0.3) is 0 Å². The van der Waals surface area contributed by atoms with Gasteiger partial charge >= 0.3 is 0 Å². The first-order chi connectivity index (χ1) is 12.3. The predicted molar refractivity (Wildman–Crippen MR) is 92.7 cm³/mol. The number of nitrogens with zero attached hydrogens (tertiary/aromatic N) is 2. The molecule has 1 aliphatic carbocycles. The molecule has 0 N–H and O–H groups in total. The van der Waals surface area contributed by atoms with E-state index in [0.29, 0.717) is 24.4 Å². The highest BCUT2D eigenvalue weighted by Crippen LogP contribution is 2.33. The van der Waals surface area contributed by atoms with Gasteiger partial charge < -0.3 is 18.9 Å². The first kappa shape index (κ1) is 16.9. The van der Waals surface area contributed by atoms with E-state index in [1.54, 1.807) is 0 Å². The summed E-state index contributed by atoms with van der Waals surface area (Å²) in [5, 5.41) is 0. The molecule has 5 rings (SSSR count). The monoisotopic (exact) mass is 352 g/mol. The second kappa shape index (κ2) is 7.41. The fourth-order valence-corrected chi connectivity index (χ4v) is 4.53. The normalized spacial score (nSPS) is 41.5. The minimum absolute atomic E-state index is 0.489. The average molecular weight is 352 g/mol. The summed E-state index contributed by atoms with van der Waals surface area (Å²) in [6, 6.07) is 0. The van der Waals surface area contributed by atoms with Gasteiger partial charge in [0, 0.05) is 39.3 Å². The van der Waals surface area contributed by atoms with Crippen LogP contribution < -0.4 is 0 Å². The maximum Gasteiger partial charge on any atom is 0.0936 e. The van der Waals surface area contributed by atoms with E-state index in [-0.39, 0.29) is 0 Å². The molecule has 1 saturated carbocycles. The Bertz CT molecular complexity index is 381. The van der Waals surface area contributed by atoms with Crippen molar-refractivity contribution in [2.45, 2.75) is 43.7 Å². The van der Waals surface area contributed by atoms with E-state index in [0.717, 1.165) is 64.4 Å². The third-order valence-electron chi connectivity index (χ3n) is 6.14. The zero-order valence-electron chi connectivity index (χ0n) is 15.2. The number of rotatable bonds is 12. The summed E-state index contributed by atoms with van der Waals surface area (Å²) >= 11 is 0. The average Bonchev–Trinajstić information content (AvgIpc) is 3.38.